The molecule has 0 aliphatic carbocycles. The molecule has 2 aromatic rings. The smallest absolute Gasteiger partial charge is 0.241 e. The number of carbonyl (C=O) groups excluding carboxylic acids is 1. The molecule has 2 aliphatic heterocycles. The Morgan fingerprint density at radius 2 is 2.21 bits per heavy atom. The number of benzene rings is 1. The number of amides is 1. The molecule has 0 spiro atoms. The predicted molar refractivity (Wildman–Crippen MR) is 105 cm³/mol. The third-order valence-electron chi connectivity index (χ3n) is 5.11. The number of rotatable bonds is 6. The molecular formula is C21H24N4O3. The summed E-state index contributed by atoms with van der Waals surface area (Å²) in [7, 11) is 0. The second-order valence-electron chi connectivity index (χ2n) is 6.99. The standard InChI is InChI=1S/C21H24N4O3/c26-21(24-23-13-16-6-7-19-20(12-16)28-15-27-19)8-11-25-10-2-1-5-18(25)17-4-3-9-22-14-17/h3-4,6-7,9,12-14,18H,1-2,5,8,10-11,15H2,(H,24,26)/b23-13-/t18-/m1/s1. The van der Waals surface area contributed by atoms with Gasteiger partial charge in [-0.2, -0.15) is 5.10 Å². The van der Waals surface area contributed by atoms with Gasteiger partial charge < -0.3 is 9.47 Å². The van der Waals surface area contributed by atoms with Crippen LogP contribution >= 0.6 is 0 Å². The molecule has 4 rings (SSSR count). The Hall–Kier alpha value is -2.93. The van der Waals surface area contributed by atoms with Gasteiger partial charge in [0.1, 0.15) is 0 Å². The lowest BCUT2D eigenvalue weighted by Crippen LogP contribution is -2.36. The van der Waals surface area contributed by atoms with E-state index < -0.39 is 0 Å². The van der Waals surface area contributed by atoms with E-state index in [1.165, 1.54) is 18.4 Å². The highest BCUT2D eigenvalue weighted by molar-refractivity contribution is 5.83. The molecule has 3 heterocycles. The molecular weight excluding hydrogens is 356 g/mol. The van der Waals surface area contributed by atoms with Crippen molar-refractivity contribution in [1.82, 2.24) is 15.3 Å². The molecule has 0 saturated carbocycles. The minimum atomic E-state index is -0.0903. The summed E-state index contributed by atoms with van der Waals surface area (Å²) >= 11 is 0. The van der Waals surface area contributed by atoms with Crippen molar-refractivity contribution in [3.8, 4) is 11.5 Å². The number of hydrazone groups is 1. The minimum absolute atomic E-state index is 0.0903. The molecule has 1 atom stereocenters. The monoisotopic (exact) mass is 380 g/mol. The first-order chi connectivity index (χ1) is 13.8. The number of carbonyl (C=O) groups is 1. The van der Waals surface area contributed by atoms with Crippen molar-refractivity contribution in [1.29, 1.82) is 0 Å². The third-order valence-corrected chi connectivity index (χ3v) is 5.11. The summed E-state index contributed by atoms with van der Waals surface area (Å²) in [5.74, 6) is 1.33. The van der Waals surface area contributed by atoms with E-state index in [-0.39, 0.29) is 12.7 Å². The molecule has 1 N–H and O–H groups in total. The SMILES string of the molecule is O=C(CCN1CCCC[C@@H]1c1cccnc1)N/N=C\c1ccc2c(c1)OCO2. The Morgan fingerprint density at radius 3 is 3.11 bits per heavy atom. The van der Waals surface area contributed by atoms with Crippen LogP contribution in [0.4, 0.5) is 0 Å². The summed E-state index contributed by atoms with van der Waals surface area (Å²) in [4.78, 5) is 18.8. The molecule has 146 valence electrons. The predicted octanol–water partition coefficient (Wildman–Crippen LogP) is 2.88. The zero-order chi connectivity index (χ0) is 19.2. The van der Waals surface area contributed by atoms with Crippen LogP contribution in [0.5, 0.6) is 11.5 Å². The van der Waals surface area contributed by atoms with E-state index in [0.717, 1.165) is 24.3 Å². The topological polar surface area (TPSA) is 76.1 Å². The molecule has 7 nitrogen and oxygen atoms in total. The van der Waals surface area contributed by atoms with Crippen molar-refractivity contribution in [2.45, 2.75) is 31.7 Å². The Morgan fingerprint density at radius 1 is 1.29 bits per heavy atom. The van der Waals surface area contributed by atoms with Gasteiger partial charge in [0, 0.05) is 31.4 Å². The molecule has 1 aromatic heterocycles. The first kappa shape index (κ1) is 18.4. The molecule has 1 aromatic carbocycles. The number of hydrogen-bond donors (Lipinski definition) is 1. The van der Waals surface area contributed by atoms with Crippen molar-refractivity contribution in [3.63, 3.8) is 0 Å². The fourth-order valence-electron chi connectivity index (χ4n) is 3.68. The number of nitrogens with one attached hydrogen (secondary N) is 1. The van der Waals surface area contributed by atoms with E-state index in [2.05, 4.69) is 26.5 Å². The highest BCUT2D eigenvalue weighted by atomic mass is 16.7. The number of likely N-dealkylation sites (tertiary alicyclic amines) is 1. The largest absolute Gasteiger partial charge is 0.454 e. The maximum atomic E-state index is 12.2. The lowest BCUT2D eigenvalue weighted by Gasteiger charge is -2.35. The summed E-state index contributed by atoms with van der Waals surface area (Å²) in [5.41, 5.74) is 4.68. The van der Waals surface area contributed by atoms with Gasteiger partial charge in [-0.1, -0.05) is 12.5 Å². The van der Waals surface area contributed by atoms with E-state index in [1.54, 1.807) is 12.4 Å². The van der Waals surface area contributed by atoms with Gasteiger partial charge >= 0.3 is 0 Å². The number of pyridine rings is 1. The van der Waals surface area contributed by atoms with Gasteiger partial charge in [-0.25, -0.2) is 5.43 Å². The van der Waals surface area contributed by atoms with Crippen molar-refractivity contribution in [3.05, 3.63) is 53.9 Å². The quantitative estimate of drug-likeness (QED) is 0.616. The minimum Gasteiger partial charge on any atom is -0.454 e. The number of aromatic nitrogens is 1. The maximum Gasteiger partial charge on any atom is 0.241 e. The van der Waals surface area contributed by atoms with Gasteiger partial charge in [-0.3, -0.25) is 14.7 Å². The van der Waals surface area contributed by atoms with Crippen molar-refractivity contribution in [2.24, 2.45) is 5.10 Å². The van der Waals surface area contributed by atoms with Crippen LogP contribution < -0.4 is 14.9 Å². The highest BCUT2D eigenvalue weighted by Gasteiger charge is 2.24. The van der Waals surface area contributed by atoms with Crippen LogP contribution in [0.3, 0.4) is 0 Å². The van der Waals surface area contributed by atoms with Crippen LogP contribution in [0.2, 0.25) is 0 Å². The van der Waals surface area contributed by atoms with E-state index in [0.29, 0.717) is 24.8 Å². The number of hydrogen-bond acceptors (Lipinski definition) is 6. The molecule has 7 heteroatoms. The Labute approximate surface area is 164 Å². The second-order valence-corrected chi connectivity index (χ2v) is 6.99. The highest BCUT2D eigenvalue weighted by Crippen LogP contribution is 2.32. The maximum absolute atomic E-state index is 12.2. The average molecular weight is 380 g/mol. The van der Waals surface area contributed by atoms with Crippen LogP contribution in [0.15, 0.2) is 47.8 Å². The number of nitrogens with zero attached hydrogens (tertiary/aromatic N) is 3. The van der Waals surface area contributed by atoms with E-state index in [1.807, 2.05) is 30.5 Å². The van der Waals surface area contributed by atoms with E-state index in [4.69, 9.17) is 9.47 Å². The fraction of sp³-hybridized carbons (Fsp3) is 0.381. The van der Waals surface area contributed by atoms with Gasteiger partial charge in [-0.05, 0) is 54.8 Å². The van der Waals surface area contributed by atoms with Crippen LogP contribution in [0.1, 0.15) is 42.9 Å². The molecule has 1 saturated heterocycles. The summed E-state index contributed by atoms with van der Waals surface area (Å²) in [5, 5.41) is 4.06. The first-order valence-corrected chi connectivity index (χ1v) is 9.65. The van der Waals surface area contributed by atoms with Crippen molar-refractivity contribution in [2.75, 3.05) is 19.9 Å². The van der Waals surface area contributed by atoms with Gasteiger partial charge in [0.25, 0.3) is 0 Å². The summed E-state index contributed by atoms with van der Waals surface area (Å²) < 4.78 is 10.6. The van der Waals surface area contributed by atoms with Gasteiger partial charge in [0.2, 0.25) is 12.7 Å². The van der Waals surface area contributed by atoms with E-state index >= 15 is 0 Å². The zero-order valence-electron chi connectivity index (χ0n) is 15.7. The van der Waals surface area contributed by atoms with Crippen LogP contribution in [0.25, 0.3) is 0 Å². The van der Waals surface area contributed by atoms with Crippen molar-refractivity contribution < 1.29 is 14.3 Å². The van der Waals surface area contributed by atoms with Crippen LogP contribution in [-0.2, 0) is 4.79 Å². The molecule has 28 heavy (non-hydrogen) atoms. The molecule has 2 aliphatic rings. The summed E-state index contributed by atoms with van der Waals surface area (Å²) in [6.07, 6.45) is 9.23. The number of fused-ring (bicyclic) bond motifs is 1. The van der Waals surface area contributed by atoms with E-state index in [9.17, 15) is 4.79 Å². The normalized spacial score (nSPS) is 19.1. The molecule has 0 bridgehead atoms. The van der Waals surface area contributed by atoms with Gasteiger partial charge in [0.05, 0.1) is 6.21 Å². The number of piperidine rings is 1. The Balaban J connectivity index is 1.27. The Bertz CT molecular complexity index is 841. The average Bonchev–Trinajstić information content (AvgIpc) is 3.21. The van der Waals surface area contributed by atoms with Gasteiger partial charge in [0.15, 0.2) is 11.5 Å². The molecule has 0 radical (unpaired) electrons. The van der Waals surface area contributed by atoms with Crippen molar-refractivity contribution >= 4 is 12.1 Å². The second kappa shape index (κ2) is 8.84. The Kier molecular flexibility index (Phi) is 5.82. The molecule has 1 fully saturated rings. The molecule has 1 amide bonds. The summed E-state index contributed by atoms with van der Waals surface area (Å²) in [6, 6.07) is 9.97. The van der Waals surface area contributed by atoms with Gasteiger partial charge in [-0.15, -0.1) is 0 Å². The first-order valence-electron chi connectivity index (χ1n) is 9.65. The van der Waals surface area contributed by atoms with Crippen LogP contribution in [0, 0.1) is 0 Å². The third kappa shape index (κ3) is 4.48. The lowest BCUT2D eigenvalue weighted by atomic mass is 9.96. The van der Waals surface area contributed by atoms with Crippen LogP contribution in [-0.4, -0.2) is 41.9 Å². The molecule has 0 unspecified atom stereocenters. The number of ether oxygens (including phenoxy) is 2. The zero-order valence-corrected chi connectivity index (χ0v) is 15.7. The lowest BCUT2D eigenvalue weighted by molar-refractivity contribution is -0.121. The fourth-order valence-corrected chi connectivity index (χ4v) is 3.68. The summed E-state index contributed by atoms with van der Waals surface area (Å²) in [6.45, 7) is 1.96.